The average Bonchev–Trinajstić information content (AvgIpc) is 2.04. The maximum absolute atomic E-state index is 12.4. The van der Waals surface area contributed by atoms with E-state index < -0.39 is 39.1 Å². The lowest BCUT2D eigenvalue weighted by atomic mass is 10.1. The third kappa shape index (κ3) is 3.07. The Balaban J connectivity index is 3.36. The summed E-state index contributed by atoms with van der Waals surface area (Å²) in [4.78, 5) is 3.12. The van der Waals surface area contributed by atoms with Gasteiger partial charge in [0.1, 0.15) is 5.75 Å². The Morgan fingerprint density at radius 3 is 2.38 bits per heavy atom. The number of halogens is 3. The highest BCUT2D eigenvalue weighted by Gasteiger charge is 2.35. The topological polar surface area (TPSA) is 87.5 Å². The number of hydrogen-bond donors (Lipinski definition) is 2. The number of rotatable bonds is 2. The molecular weight excluding hydrogens is 251 g/mol. The molecule has 5 nitrogen and oxygen atoms in total. The lowest BCUT2D eigenvalue weighted by Crippen LogP contribution is -2.13. The van der Waals surface area contributed by atoms with Gasteiger partial charge in [-0.1, -0.05) is 0 Å². The first-order valence-electron chi connectivity index (χ1n) is 3.80. The van der Waals surface area contributed by atoms with Gasteiger partial charge >= 0.3 is 6.18 Å². The summed E-state index contributed by atoms with van der Waals surface area (Å²) in [5.74, 6) is -2.42. The molecule has 0 spiro atoms. The quantitative estimate of drug-likeness (QED) is 0.777. The molecule has 0 fully saturated rings. The van der Waals surface area contributed by atoms with Gasteiger partial charge in [0.2, 0.25) is 5.88 Å². The van der Waals surface area contributed by atoms with E-state index in [-0.39, 0.29) is 0 Å². The van der Waals surface area contributed by atoms with Crippen LogP contribution in [0.3, 0.4) is 0 Å². The molecule has 0 bridgehead atoms. The lowest BCUT2D eigenvalue weighted by molar-refractivity contribution is -0.138. The van der Waals surface area contributed by atoms with Gasteiger partial charge < -0.3 is 5.11 Å². The summed E-state index contributed by atoms with van der Waals surface area (Å²) in [5, 5.41) is 9.03. The molecule has 0 saturated carbocycles. The minimum atomic E-state index is -4.83. The van der Waals surface area contributed by atoms with Crippen LogP contribution in [0.1, 0.15) is 11.1 Å². The third-order valence-corrected chi connectivity index (χ3v) is 2.32. The van der Waals surface area contributed by atoms with Crippen molar-refractivity contribution in [3.8, 4) is 5.88 Å². The molecule has 0 saturated heterocycles. The predicted molar refractivity (Wildman–Crippen MR) is 46.2 cm³/mol. The smallest absolute Gasteiger partial charge is 0.416 e. The van der Waals surface area contributed by atoms with E-state index in [0.29, 0.717) is 12.3 Å². The van der Waals surface area contributed by atoms with Crippen molar-refractivity contribution >= 4 is 10.1 Å². The SMILES string of the molecule is O=S(=O)(O)Cc1c(C(F)(F)F)ccnc1O. The molecule has 9 heteroatoms. The summed E-state index contributed by atoms with van der Waals surface area (Å²) in [6.07, 6.45) is -4.15. The van der Waals surface area contributed by atoms with Crippen LogP contribution in [0.5, 0.6) is 5.88 Å². The van der Waals surface area contributed by atoms with Gasteiger partial charge in [-0.2, -0.15) is 21.6 Å². The average molecular weight is 257 g/mol. The molecule has 1 aromatic heterocycles. The summed E-state index contributed by atoms with van der Waals surface area (Å²) in [6.45, 7) is 0. The van der Waals surface area contributed by atoms with Gasteiger partial charge in [-0.25, -0.2) is 4.98 Å². The largest absolute Gasteiger partial charge is 0.493 e. The second-order valence-electron chi connectivity index (χ2n) is 2.88. The van der Waals surface area contributed by atoms with Crippen molar-refractivity contribution in [3.63, 3.8) is 0 Å². The van der Waals surface area contributed by atoms with E-state index in [1.54, 1.807) is 0 Å². The van der Waals surface area contributed by atoms with E-state index in [4.69, 9.17) is 9.66 Å². The molecule has 16 heavy (non-hydrogen) atoms. The van der Waals surface area contributed by atoms with Crippen LogP contribution < -0.4 is 0 Å². The van der Waals surface area contributed by atoms with Gasteiger partial charge in [0.15, 0.2) is 0 Å². The zero-order valence-corrected chi connectivity index (χ0v) is 8.38. The minimum absolute atomic E-state index is 0.514. The van der Waals surface area contributed by atoms with Gasteiger partial charge in [0.05, 0.1) is 5.56 Å². The second kappa shape index (κ2) is 3.91. The summed E-state index contributed by atoms with van der Waals surface area (Å²) < 4.78 is 66.6. The van der Waals surface area contributed by atoms with Crippen LogP contribution >= 0.6 is 0 Å². The van der Waals surface area contributed by atoms with Crippen LogP contribution in [0.2, 0.25) is 0 Å². The monoisotopic (exact) mass is 257 g/mol. The zero-order chi connectivity index (χ0) is 12.6. The first-order valence-corrected chi connectivity index (χ1v) is 5.41. The van der Waals surface area contributed by atoms with Crippen LogP contribution in [0.15, 0.2) is 12.3 Å². The Hall–Kier alpha value is -1.35. The molecule has 1 aromatic rings. The Morgan fingerprint density at radius 2 is 1.94 bits per heavy atom. The number of hydrogen-bond acceptors (Lipinski definition) is 4. The highest BCUT2D eigenvalue weighted by atomic mass is 32.2. The number of pyridine rings is 1. The fraction of sp³-hybridized carbons (Fsp3) is 0.286. The van der Waals surface area contributed by atoms with Crippen LogP contribution in [-0.4, -0.2) is 23.1 Å². The molecule has 0 aromatic carbocycles. The molecule has 2 N–H and O–H groups in total. The first kappa shape index (κ1) is 12.7. The lowest BCUT2D eigenvalue weighted by Gasteiger charge is -2.11. The Bertz CT molecular complexity index is 497. The fourth-order valence-electron chi connectivity index (χ4n) is 1.07. The molecule has 1 heterocycles. The van der Waals surface area contributed by atoms with Crippen molar-refractivity contribution in [1.29, 1.82) is 0 Å². The van der Waals surface area contributed by atoms with E-state index in [1.165, 1.54) is 0 Å². The molecule has 0 aliphatic rings. The van der Waals surface area contributed by atoms with Crippen LogP contribution in [0, 0.1) is 0 Å². The van der Waals surface area contributed by atoms with Crippen LogP contribution in [0.4, 0.5) is 13.2 Å². The molecule has 0 aliphatic heterocycles. The Morgan fingerprint density at radius 1 is 1.38 bits per heavy atom. The predicted octanol–water partition coefficient (Wildman–Crippen LogP) is 1.19. The van der Waals surface area contributed by atoms with Crippen molar-refractivity contribution in [2.24, 2.45) is 0 Å². The van der Waals surface area contributed by atoms with Crippen molar-refractivity contribution in [2.45, 2.75) is 11.9 Å². The number of alkyl halides is 3. The third-order valence-electron chi connectivity index (χ3n) is 1.67. The standard InChI is InChI=1S/C7H6F3NO4S/c8-7(9,10)5-1-2-11-6(12)4(5)3-16(13,14)15/h1-2H,3H2,(H,11,12)(H,13,14,15). The van der Waals surface area contributed by atoms with E-state index in [2.05, 4.69) is 4.98 Å². The molecule has 0 unspecified atom stereocenters. The minimum Gasteiger partial charge on any atom is -0.493 e. The summed E-state index contributed by atoms with van der Waals surface area (Å²) >= 11 is 0. The molecular formula is C7H6F3NO4S. The van der Waals surface area contributed by atoms with Gasteiger partial charge in [0, 0.05) is 11.8 Å². The summed E-state index contributed by atoms with van der Waals surface area (Å²) in [7, 11) is -4.68. The highest BCUT2D eigenvalue weighted by molar-refractivity contribution is 7.85. The maximum Gasteiger partial charge on any atom is 0.416 e. The van der Waals surface area contributed by atoms with E-state index >= 15 is 0 Å². The van der Waals surface area contributed by atoms with Gasteiger partial charge in [-0.05, 0) is 6.07 Å². The molecule has 90 valence electrons. The molecule has 0 amide bonds. The van der Waals surface area contributed by atoms with E-state index in [9.17, 15) is 21.6 Å². The second-order valence-corrected chi connectivity index (χ2v) is 4.34. The first-order chi connectivity index (χ1) is 7.11. The van der Waals surface area contributed by atoms with E-state index in [1.807, 2.05) is 0 Å². The van der Waals surface area contributed by atoms with Crippen LogP contribution in [-0.2, 0) is 22.0 Å². The normalized spacial score (nSPS) is 12.8. The molecule has 0 atom stereocenters. The van der Waals surface area contributed by atoms with Gasteiger partial charge in [-0.3, -0.25) is 4.55 Å². The summed E-state index contributed by atoms with van der Waals surface area (Å²) in [5.41, 5.74) is -2.32. The van der Waals surface area contributed by atoms with Crippen molar-refractivity contribution < 1.29 is 31.2 Å². The van der Waals surface area contributed by atoms with Crippen molar-refractivity contribution in [2.75, 3.05) is 0 Å². The molecule has 1 rings (SSSR count). The van der Waals surface area contributed by atoms with Crippen LogP contribution in [0.25, 0.3) is 0 Å². The number of aromatic hydroxyl groups is 1. The zero-order valence-electron chi connectivity index (χ0n) is 7.56. The van der Waals surface area contributed by atoms with Crippen molar-refractivity contribution in [1.82, 2.24) is 4.98 Å². The number of aromatic nitrogens is 1. The summed E-state index contributed by atoms with van der Waals surface area (Å²) in [6, 6.07) is 0.514. The fourth-order valence-corrected chi connectivity index (χ4v) is 1.72. The van der Waals surface area contributed by atoms with Gasteiger partial charge in [0.25, 0.3) is 10.1 Å². The van der Waals surface area contributed by atoms with Crippen molar-refractivity contribution in [3.05, 3.63) is 23.4 Å². The Labute approximate surface area is 88.3 Å². The number of nitrogens with zero attached hydrogens (tertiary/aromatic N) is 1. The van der Waals surface area contributed by atoms with E-state index in [0.717, 1.165) is 0 Å². The maximum atomic E-state index is 12.4. The molecule has 0 aliphatic carbocycles. The Kier molecular flexibility index (Phi) is 3.10. The highest BCUT2D eigenvalue weighted by Crippen LogP contribution is 2.35. The van der Waals surface area contributed by atoms with Gasteiger partial charge in [-0.15, -0.1) is 0 Å². The molecule has 0 radical (unpaired) electrons.